The zero-order valence-electron chi connectivity index (χ0n) is 48.6. The highest BCUT2D eigenvalue weighted by atomic mass is 16.5. The average Bonchev–Trinajstić information content (AvgIpc) is 3.39. The van der Waals surface area contributed by atoms with Gasteiger partial charge in [0.05, 0.1) is 25.4 Å². The quantitative estimate of drug-likeness (QED) is 0.0320. The fourth-order valence-corrected chi connectivity index (χ4v) is 9.58. The molecule has 0 saturated carbocycles. The van der Waals surface area contributed by atoms with Gasteiger partial charge in [-0.2, -0.15) is 0 Å². The van der Waals surface area contributed by atoms with Crippen LogP contribution in [0.15, 0.2) is 60.8 Å². The molecule has 0 bridgehead atoms. The predicted molar refractivity (Wildman–Crippen MR) is 319 cm³/mol. The van der Waals surface area contributed by atoms with Gasteiger partial charge in [-0.3, -0.25) is 9.59 Å². The molecule has 0 aromatic rings. The Morgan fingerprint density at radius 2 is 0.685 bits per heavy atom. The van der Waals surface area contributed by atoms with Crippen molar-refractivity contribution in [3.8, 4) is 0 Å². The lowest BCUT2D eigenvalue weighted by Crippen LogP contribution is -2.45. The summed E-state index contributed by atoms with van der Waals surface area (Å²) in [7, 11) is 0. The topological polar surface area (TPSA) is 95.9 Å². The monoisotopic (exact) mass is 1020 g/mol. The largest absolute Gasteiger partial charge is 0.466 e. The van der Waals surface area contributed by atoms with E-state index in [1.165, 1.54) is 244 Å². The number of carbonyl (C=O) groups is 2. The molecule has 2 unspecified atom stereocenters. The number of rotatable bonds is 59. The van der Waals surface area contributed by atoms with Crippen molar-refractivity contribution in [1.82, 2.24) is 5.32 Å². The lowest BCUT2D eigenvalue weighted by Gasteiger charge is -2.20. The zero-order valence-corrected chi connectivity index (χ0v) is 48.6. The van der Waals surface area contributed by atoms with Crippen molar-refractivity contribution in [3.05, 3.63) is 60.8 Å². The van der Waals surface area contributed by atoms with Gasteiger partial charge in [0.2, 0.25) is 5.91 Å². The molecule has 6 heteroatoms. The van der Waals surface area contributed by atoms with Crippen LogP contribution in [0.3, 0.4) is 0 Å². The summed E-state index contributed by atoms with van der Waals surface area (Å²) in [6.45, 7) is 4.85. The Morgan fingerprint density at radius 3 is 1.05 bits per heavy atom. The molecule has 0 aliphatic heterocycles. The van der Waals surface area contributed by atoms with Crippen molar-refractivity contribution in [1.29, 1.82) is 0 Å². The van der Waals surface area contributed by atoms with E-state index in [9.17, 15) is 19.8 Å². The molecular weight excluding hydrogens is 899 g/mol. The Morgan fingerprint density at radius 1 is 0.384 bits per heavy atom. The average molecular weight is 1020 g/mol. The van der Waals surface area contributed by atoms with E-state index in [2.05, 4.69) is 67.8 Å². The predicted octanol–water partition coefficient (Wildman–Crippen LogP) is 20.3. The first kappa shape index (κ1) is 70.6. The third-order valence-electron chi connectivity index (χ3n) is 14.5. The normalized spacial score (nSPS) is 13.0. The Bertz CT molecular complexity index is 1270. The second kappa shape index (κ2) is 62.1. The number of unbranched alkanes of at least 4 members (excludes halogenated alkanes) is 40. The van der Waals surface area contributed by atoms with Gasteiger partial charge in [0.25, 0.3) is 0 Å². The third-order valence-corrected chi connectivity index (χ3v) is 14.5. The summed E-state index contributed by atoms with van der Waals surface area (Å²) in [5, 5.41) is 23.0. The van der Waals surface area contributed by atoms with Gasteiger partial charge in [-0.25, -0.2) is 0 Å². The second-order valence-electron chi connectivity index (χ2n) is 21.7. The number of esters is 1. The van der Waals surface area contributed by atoms with E-state index < -0.39 is 12.1 Å². The molecule has 0 rings (SSSR count). The van der Waals surface area contributed by atoms with Crippen LogP contribution in [0.2, 0.25) is 0 Å². The van der Waals surface area contributed by atoms with Crippen LogP contribution in [0.25, 0.3) is 0 Å². The molecule has 0 aliphatic rings. The van der Waals surface area contributed by atoms with Gasteiger partial charge in [-0.05, 0) is 96.3 Å². The van der Waals surface area contributed by atoms with Gasteiger partial charge in [0.1, 0.15) is 0 Å². The van der Waals surface area contributed by atoms with Gasteiger partial charge in [0, 0.05) is 12.8 Å². The first-order valence-corrected chi connectivity index (χ1v) is 32.1. The number of allylic oxidation sites excluding steroid dienone is 9. The lowest BCUT2D eigenvalue weighted by molar-refractivity contribution is -0.143. The molecular formula is C67H123NO5. The van der Waals surface area contributed by atoms with E-state index in [1.54, 1.807) is 6.08 Å². The number of hydrogen-bond acceptors (Lipinski definition) is 5. The number of ether oxygens (including phenoxy) is 1. The molecule has 0 heterocycles. The maximum Gasteiger partial charge on any atom is 0.305 e. The van der Waals surface area contributed by atoms with Gasteiger partial charge in [-0.15, -0.1) is 0 Å². The third kappa shape index (κ3) is 58.7. The Balaban J connectivity index is 3.39. The van der Waals surface area contributed by atoms with Crippen molar-refractivity contribution in [3.63, 3.8) is 0 Å². The van der Waals surface area contributed by atoms with Crippen molar-refractivity contribution in [2.75, 3.05) is 13.2 Å². The number of hydrogen-bond donors (Lipinski definition) is 3. The fraction of sp³-hybridized carbons (Fsp3) is 0.821. The van der Waals surface area contributed by atoms with Crippen molar-refractivity contribution >= 4 is 11.9 Å². The zero-order chi connectivity index (χ0) is 52.9. The molecule has 0 aromatic carbocycles. The summed E-state index contributed by atoms with van der Waals surface area (Å²) in [4.78, 5) is 24.5. The fourth-order valence-electron chi connectivity index (χ4n) is 9.58. The maximum atomic E-state index is 12.4. The van der Waals surface area contributed by atoms with E-state index in [0.717, 1.165) is 57.8 Å². The molecule has 3 N–H and O–H groups in total. The lowest BCUT2D eigenvalue weighted by atomic mass is 10.0. The minimum Gasteiger partial charge on any atom is -0.466 e. The molecule has 0 radical (unpaired) electrons. The summed E-state index contributed by atoms with van der Waals surface area (Å²) in [6, 6.07) is -0.626. The number of amides is 1. The van der Waals surface area contributed by atoms with Crippen molar-refractivity contribution in [2.45, 2.75) is 341 Å². The summed E-state index contributed by atoms with van der Waals surface area (Å²) in [6.07, 6.45) is 81.5. The molecule has 6 nitrogen and oxygen atoms in total. The number of carbonyl (C=O) groups excluding carboxylic acids is 2. The number of aliphatic hydroxyl groups excluding tert-OH is 2. The molecule has 0 aromatic heterocycles. The van der Waals surface area contributed by atoms with Crippen LogP contribution in [-0.2, 0) is 14.3 Å². The van der Waals surface area contributed by atoms with Gasteiger partial charge in [-0.1, -0.05) is 280 Å². The van der Waals surface area contributed by atoms with E-state index in [0.29, 0.717) is 19.4 Å². The Labute approximate surface area is 454 Å². The molecule has 1 amide bonds. The second-order valence-corrected chi connectivity index (χ2v) is 21.7. The highest BCUT2D eigenvalue weighted by Gasteiger charge is 2.18. The minimum atomic E-state index is -0.842. The van der Waals surface area contributed by atoms with Crippen LogP contribution in [-0.4, -0.2) is 47.4 Å². The highest BCUT2D eigenvalue weighted by Crippen LogP contribution is 2.16. The van der Waals surface area contributed by atoms with Crippen molar-refractivity contribution in [2.24, 2.45) is 0 Å². The van der Waals surface area contributed by atoms with Crippen LogP contribution < -0.4 is 5.32 Å². The molecule has 0 spiro atoms. The Hall–Kier alpha value is -2.44. The smallest absolute Gasteiger partial charge is 0.305 e. The van der Waals surface area contributed by atoms with E-state index in [-0.39, 0.29) is 18.5 Å². The summed E-state index contributed by atoms with van der Waals surface area (Å²) in [5.41, 5.74) is 0. The molecule has 0 aliphatic carbocycles. The van der Waals surface area contributed by atoms with Gasteiger partial charge >= 0.3 is 5.97 Å². The van der Waals surface area contributed by atoms with Gasteiger partial charge in [0.15, 0.2) is 0 Å². The van der Waals surface area contributed by atoms with Crippen LogP contribution >= 0.6 is 0 Å². The van der Waals surface area contributed by atoms with Gasteiger partial charge < -0.3 is 20.3 Å². The maximum absolute atomic E-state index is 12.4. The molecule has 0 saturated heterocycles. The SMILES string of the molecule is CCCCCC/C=C\C/C=C\CCCCCCCC(=O)OCCCCCCCCCCC/C=C\C/C=C\CCCCCCCCCCCCCCCCCC(=O)NC(CO)C(O)/C=C/CCCCCCCCC. The van der Waals surface area contributed by atoms with Crippen molar-refractivity contribution < 1.29 is 24.5 Å². The summed E-state index contributed by atoms with van der Waals surface area (Å²) >= 11 is 0. The molecule has 0 fully saturated rings. The molecule has 73 heavy (non-hydrogen) atoms. The highest BCUT2D eigenvalue weighted by molar-refractivity contribution is 5.76. The summed E-state index contributed by atoms with van der Waals surface area (Å²) < 4.78 is 5.48. The first-order chi connectivity index (χ1) is 36.0. The Kier molecular flexibility index (Phi) is 60.0. The van der Waals surface area contributed by atoms with Crippen LogP contribution in [0.5, 0.6) is 0 Å². The van der Waals surface area contributed by atoms with E-state index in [4.69, 9.17) is 4.74 Å². The number of nitrogens with one attached hydrogen (secondary N) is 1. The molecule has 2 atom stereocenters. The first-order valence-electron chi connectivity index (χ1n) is 32.1. The van der Waals surface area contributed by atoms with E-state index in [1.807, 2.05) is 6.08 Å². The molecule has 426 valence electrons. The van der Waals surface area contributed by atoms with E-state index >= 15 is 0 Å². The standard InChI is InChI=1S/C67H123NO5/c1-3-5-7-9-11-13-14-15-16-35-38-41-45-49-53-57-61-67(72)73-62-58-54-50-46-42-39-36-33-31-29-27-25-23-21-19-17-18-20-22-24-26-28-30-32-34-37-40-44-48-52-56-60-66(71)68-64(63-69)65(70)59-55-51-47-43-12-10-8-6-4-2/h13-14,16,19,21,25,27,35,55,59,64-65,69-70H,3-12,15,17-18,20,22-24,26,28-34,36-54,56-58,60-63H2,1-2H3,(H,68,71)/b14-13-,21-19-,27-25-,35-16-,59-55+. The number of aliphatic hydroxyl groups is 2. The van der Waals surface area contributed by atoms with Crippen LogP contribution in [0.1, 0.15) is 328 Å². The van der Waals surface area contributed by atoms with Crippen LogP contribution in [0.4, 0.5) is 0 Å². The summed E-state index contributed by atoms with van der Waals surface area (Å²) in [5.74, 6) is -0.0715. The minimum absolute atomic E-state index is 0.00122. The van der Waals surface area contributed by atoms with Crippen LogP contribution in [0, 0.1) is 0 Å².